The Morgan fingerprint density at radius 1 is 0.875 bits per heavy atom. The number of anilines is 1. The molecule has 0 spiro atoms. The van der Waals surface area contributed by atoms with Gasteiger partial charge in [0.1, 0.15) is 17.2 Å². The van der Waals surface area contributed by atoms with Crippen LogP contribution in [0.15, 0.2) is 78.5 Å². The molecule has 2 N–H and O–H groups in total. The van der Waals surface area contributed by atoms with E-state index in [2.05, 4.69) is 10.6 Å². The predicted octanol–water partition coefficient (Wildman–Crippen LogP) is 4.81. The highest BCUT2D eigenvalue weighted by Crippen LogP contribution is 2.18. The van der Waals surface area contributed by atoms with Crippen LogP contribution in [0.4, 0.5) is 5.69 Å². The fraction of sp³-hybridized carbons (Fsp3) is 0.154. The second-order valence-electron chi connectivity index (χ2n) is 7.06. The van der Waals surface area contributed by atoms with Gasteiger partial charge in [-0.3, -0.25) is 9.59 Å². The van der Waals surface area contributed by atoms with Gasteiger partial charge in [-0.1, -0.05) is 29.8 Å². The zero-order chi connectivity index (χ0) is 22.9. The molecule has 32 heavy (non-hydrogen) atoms. The van der Waals surface area contributed by atoms with Crippen molar-refractivity contribution in [1.82, 2.24) is 5.32 Å². The molecule has 0 saturated carbocycles. The highest BCUT2D eigenvalue weighted by molar-refractivity contribution is 6.10. The summed E-state index contributed by atoms with van der Waals surface area (Å²) in [6.07, 6.45) is 1.63. The van der Waals surface area contributed by atoms with Gasteiger partial charge in [-0.2, -0.15) is 0 Å². The number of benzene rings is 3. The summed E-state index contributed by atoms with van der Waals surface area (Å²) in [5.74, 6) is 0.606. The summed E-state index contributed by atoms with van der Waals surface area (Å²) in [6.45, 7) is 4.43. The normalized spacial score (nSPS) is 10.9. The fourth-order valence-corrected chi connectivity index (χ4v) is 2.92. The largest absolute Gasteiger partial charge is 0.497 e. The summed E-state index contributed by atoms with van der Waals surface area (Å²) in [6, 6.07) is 21.4. The molecule has 0 saturated heterocycles. The van der Waals surface area contributed by atoms with Gasteiger partial charge in [0.25, 0.3) is 11.8 Å². The second kappa shape index (κ2) is 10.8. The Morgan fingerprint density at radius 2 is 1.50 bits per heavy atom. The third kappa shape index (κ3) is 6.22. The smallest absolute Gasteiger partial charge is 0.272 e. The highest BCUT2D eigenvalue weighted by atomic mass is 16.5. The van der Waals surface area contributed by atoms with Crippen molar-refractivity contribution in [3.05, 3.63) is 95.2 Å². The van der Waals surface area contributed by atoms with Gasteiger partial charge < -0.3 is 20.1 Å². The molecule has 0 fully saturated rings. The molecule has 0 aliphatic heterocycles. The molecule has 0 aliphatic rings. The molecule has 0 radical (unpaired) electrons. The number of ether oxygens (including phenoxy) is 2. The molecular weight excluding hydrogens is 404 g/mol. The Kier molecular flexibility index (Phi) is 7.65. The van der Waals surface area contributed by atoms with Crippen molar-refractivity contribution in [2.24, 2.45) is 0 Å². The lowest BCUT2D eigenvalue weighted by molar-refractivity contribution is -0.113. The Balaban J connectivity index is 1.85. The molecule has 0 bridgehead atoms. The van der Waals surface area contributed by atoms with Crippen LogP contribution in [0, 0.1) is 6.92 Å². The topological polar surface area (TPSA) is 76.7 Å². The van der Waals surface area contributed by atoms with E-state index >= 15 is 0 Å². The van der Waals surface area contributed by atoms with Gasteiger partial charge in [-0.05, 0) is 74.0 Å². The Morgan fingerprint density at radius 3 is 2.09 bits per heavy atom. The predicted molar refractivity (Wildman–Crippen MR) is 126 cm³/mol. The number of hydrogen-bond donors (Lipinski definition) is 2. The molecular formula is C26H26N2O4. The van der Waals surface area contributed by atoms with Gasteiger partial charge in [-0.15, -0.1) is 0 Å². The molecule has 0 aromatic heterocycles. The van der Waals surface area contributed by atoms with Crippen LogP contribution in [-0.2, 0) is 4.79 Å². The molecule has 2 amide bonds. The maximum Gasteiger partial charge on any atom is 0.272 e. The van der Waals surface area contributed by atoms with Gasteiger partial charge in [0.15, 0.2) is 0 Å². The number of carbonyl (C=O) groups is 2. The minimum atomic E-state index is -0.440. The Bertz CT molecular complexity index is 1090. The number of amides is 2. The van der Waals surface area contributed by atoms with E-state index < -0.39 is 5.91 Å². The molecule has 0 atom stereocenters. The number of methoxy groups -OCH3 is 1. The Labute approximate surface area is 187 Å². The van der Waals surface area contributed by atoms with Gasteiger partial charge in [-0.25, -0.2) is 0 Å². The third-order valence-corrected chi connectivity index (χ3v) is 4.66. The van der Waals surface area contributed by atoms with E-state index in [-0.39, 0.29) is 11.6 Å². The maximum absolute atomic E-state index is 13.0. The molecule has 3 aromatic carbocycles. The van der Waals surface area contributed by atoms with E-state index in [0.29, 0.717) is 23.6 Å². The summed E-state index contributed by atoms with van der Waals surface area (Å²) in [4.78, 5) is 25.8. The van der Waals surface area contributed by atoms with Gasteiger partial charge in [0.05, 0.1) is 13.7 Å². The number of nitrogens with one attached hydrogen (secondary N) is 2. The van der Waals surface area contributed by atoms with E-state index in [1.807, 2.05) is 50.2 Å². The molecule has 0 heterocycles. The average Bonchev–Trinajstić information content (AvgIpc) is 2.81. The molecule has 164 valence electrons. The molecule has 3 aromatic rings. The molecule has 6 heteroatoms. The van der Waals surface area contributed by atoms with Crippen molar-refractivity contribution < 1.29 is 19.1 Å². The van der Waals surface area contributed by atoms with Crippen LogP contribution < -0.4 is 20.1 Å². The number of hydrogen-bond acceptors (Lipinski definition) is 4. The summed E-state index contributed by atoms with van der Waals surface area (Å²) in [5, 5.41) is 5.55. The van der Waals surface area contributed by atoms with Gasteiger partial charge >= 0.3 is 0 Å². The summed E-state index contributed by atoms with van der Waals surface area (Å²) >= 11 is 0. The monoisotopic (exact) mass is 430 g/mol. The molecule has 6 nitrogen and oxygen atoms in total. The lowest BCUT2D eigenvalue weighted by Gasteiger charge is -2.12. The average molecular weight is 431 g/mol. The number of carbonyl (C=O) groups excluding carboxylic acids is 2. The van der Waals surface area contributed by atoms with Crippen LogP contribution in [0.25, 0.3) is 6.08 Å². The Hall–Kier alpha value is -4.06. The minimum absolute atomic E-state index is 0.121. The zero-order valence-electron chi connectivity index (χ0n) is 18.3. The summed E-state index contributed by atoms with van der Waals surface area (Å²) in [7, 11) is 1.58. The number of rotatable bonds is 8. The quantitative estimate of drug-likeness (QED) is 0.503. The van der Waals surface area contributed by atoms with Crippen LogP contribution in [0.2, 0.25) is 0 Å². The van der Waals surface area contributed by atoms with Crippen LogP contribution in [0.1, 0.15) is 28.4 Å². The van der Waals surface area contributed by atoms with Crippen molar-refractivity contribution >= 4 is 23.6 Å². The van der Waals surface area contributed by atoms with E-state index in [9.17, 15) is 9.59 Å². The van der Waals surface area contributed by atoms with Gasteiger partial charge in [0.2, 0.25) is 0 Å². The van der Waals surface area contributed by atoms with Gasteiger partial charge in [0, 0.05) is 11.3 Å². The maximum atomic E-state index is 13.0. The highest BCUT2D eigenvalue weighted by Gasteiger charge is 2.15. The molecule has 3 rings (SSSR count). The first-order chi connectivity index (χ1) is 15.5. The van der Waals surface area contributed by atoms with Crippen molar-refractivity contribution in [3.8, 4) is 11.5 Å². The van der Waals surface area contributed by atoms with E-state index in [0.717, 1.165) is 16.9 Å². The SMILES string of the molecule is CCOc1ccc(/C=C(/NC(=O)c2ccc(C)cc2)C(=O)Nc2ccc(OC)cc2)cc1. The van der Waals surface area contributed by atoms with E-state index in [1.54, 1.807) is 49.6 Å². The summed E-state index contributed by atoms with van der Waals surface area (Å²) < 4.78 is 10.6. The standard InChI is InChI=1S/C26H26N2O4/c1-4-32-23-13-7-19(8-14-23)17-24(28-25(29)20-9-5-18(2)6-10-20)26(30)27-21-11-15-22(31-3)16-12-21/h5-17H,4H2,1-3H3,(H,27,30)(H,28,29)/b24-17+. The van der Waals surface area contributed by atoms with Crippen LogP contribution >= 0.6 is 0 Å². The number of aryl methyl sites for hydroxylation is 1. The van der Waals surface area contributed by atoms with Crippen molar-refractivity contribution in [2.45, 2.75) is 13.8 Å². The zero-order valence-corrected chi connectivity index (χ0v) is 18.3. The molecule has 0 aliphatic carbocycles. The fourth-order valence-electron chi connectivity index (χ4n) is 2.92. The first-order valence-electron chi connectivity index (χ1n) is 10.3. The molecule has 0 unspecified atom stereocenters. The van der Waals surface area contributed by atoms with Crippen molar-refractivity contribution in [1.29, 1.82) is 0 Å². The second-order valence-corrected chi connectivity index (χ2v) is 7.06. The van der Waals surface area contributed by atoms with Crippen LogP contribution in [-0.4, -0.2) is 25.5 Å². The summed E-state index contributed by atoms with van der Waals surface area (Å²) in [5.41, 5.74) is 2.96. The van der Waals surface area contributed by atoms with E-state index in [4.69, 9.17) is 9.47 Å². The minimum Gasteiger partial charge on any atom is -0.497 e. The van der Waals surface area contributed by atoms with E-state index in [1.165, 1.54) is 0 Å². The lowest BCUT2D eigenvalue weighted by atomic mass is 10.1. The van der Waals surface area contributed by atoms with Crippen LogP contribution in [0.3, 0.4) is 0 Å². The van der Waals surface area contributed by atoms with Crippen molar-refractivity contribution in [2.75, 3.05) is 19.0 Å². The van der Waals surface area contributed by atoms with Crippen LogP contribution in [0.5, 0.6) is 11.5 Å². The third-order valence-electron chi connectivity index (χ3n) is 4.66. The first kappa shape index (κ1) is 22.6. The first-order valence-corrected chi connectivity index (χ1v) is 10.3. The lowest BCUT2D eigenvalue weighted by Crippen LogP contribution is -2.30. The van der Waals surface area contributed by atoms with Crippen molar-refractivity contribution in [3.63, 3.8) is 0 Å².